The Balaban J connectivity index is 1.48. The average molecular weight is 714 g/mol. The molecule has 2 saturated heterocycles. The summed E-state index contributed by atoms with van der Waals surface area (Å²) < 4.78 is 69.9. The van der Waals surface area contributed by atoms with Gasteiger partial charge in [0.1, 0.15) is 28.0 Å². The van der Waals surface area contributed by atoms with Crippen LogP contribution in [0.4, 0.5) is 29.2 Å². The van der Waals surface area contributed by atoms with E-state index in [0.29, 0.717) is 17.5 Å². The van der Waals surface area contributed by atoms with Crippen LogP contribution in [0.3, 0.4) is 0 Å². The SMILES string of the molecule is CCS(=O)(=O)c1nc(N2C3CC2CN(C(=O)O)C3)c2c3c(c(-c4ncc(F)c5sc(NC(=O)OC(C)(C)C)c(C#N)c45)c(F)c2n1)COC3. The summed E-state index contributed by atoms with van der Waals surface area (Å²) in [6.07, 6.45) is -0.440. The number of hydrogen-bond acceptors (Lipinski definition) is 12. The summed E-state index contributed by atoms with van der Waals surface area (Å²) in [7, 11) is -4.07. The highest BCUT2D eigenvalue weighted by atomic mass is 32.2. The van der Waals surface area contributed by atoms with Crippen LogP contribution in [0.15, 0.2) is 11.4 Å². The lowest BCUT2D eigenvalue weighted by molar-refractivity contribution is 0.0636. The van der Waals surface area contributed by atoms with Gasteiger partial charge in [0.2, 0.25) is 15.0 Å². The average Bonchev–Trinajstić information content (AvgIpc) is 3.66. The van der Waals surface area contributed by atoms with Gasteiger partial charge in [0, 0.05) is 24.0 Å². The quantitative estimate of drug-likeness (QED) is 0.259. The summed E-state index contributed by atoms with van der Waals surface area (Å²) in [5, 5.41) is 21.8. The van der Waals surface area contributed by atoms with Gasteiger partial charge < -0.3 is 24.4 Å². The molecule has 14 nitrogen and oxygen atoms in total. The highest BCUT2D eigenvalue weighted by Crippen LogP contribution is 2.48. The third-order valence-electron chi connectivity index (χ3n) is 8.76. The highest BCUT2D eigenvalue weighted by molar-refractivity contribution is 7.91. The number of thiophene rings is 1. The number of halogens is 2. The van der Waals surface area contributed by atoms with Gasteiger partial charge >= 0.3 is 12.2 Å². The lowest BCUT2D eigenvalue weighted by Crippen LogP contribution is -2.70. The van der Waals surface area contributed by atoms with Gasteiger partial charge in [-0.25, -0.2) is 36.8 Å². The van der Waals surface area contributed by atoms with Crippen molar-refractivity contribution in [2.24, 2.45) is 0 Å². The first-order chi connectivity index (χ1) is 23.1. The number of amides is 2. The van der Waals surface area contributed by atoms with E-state index in [0.717, 1.165) is 17.5 Å². The van der Waals surface area contributed by atoms with Gasteiger partial charge in [0.15, 0.2) is 11.6 Å². The van der Waals surface area contributed by atoms with Gasteiger partial charge in [-0.1, -0.05) is 6.92 Å². The topological polar surface area (TPSA) is 188 Å². The Hall–Kier alpha value is -4.73. The van der Waals surface area contributed by atoms with E-state index in [9.17, 15) is 28.4 Å². The second kappa shape index (κ2) is 11.4. The van der Waals surface area contributed by atoms with Crippen molar-refractivity contribution in [1.29, 1.82) is 5.26 Å². The largest absolute Gasteiger partial charge is 0.465 e. The van der Waals surface area contributed by atoms with E-state index in [1.54, 1.807) is 20.8 Å². The molecule has 2 unspecified atom stereocenters. The van der Waals surface area contributed by atoms with Crippen molar-refractivity contribution < 1.29 is 41.4 Å². The molecule has 0 aliphatic carbocycles. The Kier molecular flexibility index (Phi) is 7.65. The monoisotopic (exact) mass is 713 g/mol. The van der Waals surface area contributed by atoms with Crippen molar-refractivity contribution >= 4 is 65.2 Å². The number of carboxylic acid groups (broad SMARTS) is 1. The second-order valence-corrected chi connectivity index (χ2v) is 16.1. The van der Waals surface area contributed by atoms with Crippen molar-refractivity contribution in [3.05, 3.63) is 34.5 Å². The molecule has 2 amide bonds. The zero-order valence-corrected chi connectivity index (χ0v) is 28.3. The maximum atomic E-state index is 17.2. The van der Waals surface area contributed by atoms with E-state index in [1.165, 1.54) is 11.8 Å². The van der Waals surface area contributed by atoms with Crippen LogP contribution < -0.4 is 10.2 Å². The molecule has 0 radical (unpaired) electrons. The number of fused-ring (bicyclic) bond motifs is 6. The molecule has 0 saturated carbocycles. The predicted octanol–water partition coefficient (Wildman–Crippen LogP) is 5.17. The number of carbonyl (C=O) groups excluding carboxylic acids is 1. The standard InChI is InChI=1S/C31H29F2N7O7S2/c1-5-49(44,45)28-36-24-21(26(37-28)40-13-6-14(40)10-39(9-13)30(42)43)17-12-46-11-16(17)19(22(24)33)23-20-15(7-34)27(38-29(41)47-31(2,3)4)48-25(20)18(32)8-35-23/h8,13-14H,5-6,9-12H2,1-4H3,(H,38,41)(H,42,43). The zero-order chi connectivity index (χ0) is 35.2. The minimum atomic E-state index is -4.07. The number of rotatable bonds is 5. The van der Waals surface area contributed by atoms with E-state index < -0.39 is 44.4 Å². The molecule has 6 heterocycles. The Morgan fingerprint density at radius 3 is 2.51 bits per heavy atom. The minimum Gasteiger partial charge on any atom is -0.465 e. The fourth-order valence-corrected chi connectivity index (χ4v) is 8.41. The van der Waals surface area contributed by atoms with Crippen LogP contribution in [0.5, 0.6) is 0 Å². The predicted molar refractivity (Wildman–Crippen MR) is 173 cm³/mol. The van der Waals surface area contributed by atoms with Crippen LogP contribution in [-0.2, 0) is 32.5 Å². The number of pyridine rings is 1. The summed E-state index contributed by atoms with van der Waals surface area (Å²) in [6, 6.07) is 1.32. The van der Waals surface area contributed by atoms with Gasteiger partial charge in [-0.3, -0.25) is 10.3 Å². The smallest absolute Gasteiger partial charge is 0.412 e. The number of nitrogens with one attached hydrogen (secondary N) is 1. The third-order valence-corrected chi connectivity index (χ3v) is 11.4. The lowest BCUT2D eigenvalue weighted by atomic mass is 9.86. The molecule has 256 valence electrons. The molecule has 2 bridgehead atoms. The molecule has 0 spiro atoms. The van der Waals surface area contributed by atoms with Crippen molar-refractivity contribution in [3.8, 4) is 17.3 Å². The van der Waals surface area contributed by atoms with Crippen LogP contribution in [-0.4, -0.2) is 82.1 Å². The first kappa shape index (κ1) is 32.8. The molecule has 4 aromatic rings. The molecule has 18 heteroatoms. The molecule has 1 aromatic carbocycles. The van der Waals surface area contributed by atoms with E-state index in [-0.39, 0.29) is 92.8 Å². The van der Waals surface area contributed by atoms with E-state index in [4.69, 9.17) is 9.47 Å². The molecule has 2 fully saturated rings. The van der Waals surface area contributed by atoms with Crippen LogP contribution in [0.25, 0.3) is 32.2 Å². The van der Waals surface area contributed by atoms with Crippen molar-refractivity contribution in [1.82, 2.24) is 19.9 Å². The molecule has 3 aliphatic rings. The maximum absolute atomic E-state index is 17.2. The Labute approximate surface area is 282 Å². The summed E-state index contributed by atoms with van der Waals surface area (Å²) in [5.74, 6) is -2.00. The number of aromatic nitrogens is 3. The zero-order valence-electron chi connectivity index (χ0n) is 26.6. The highest BCUT2D eigenvalue weighted by Gasteiger charge is 2.48. The summed E-state index contributed by atoms with van der Waals surface area (Å²) in [4.78, 5) is 40.4. The van der Waals surface area contributed by atoms with E-state index in [1.807, 2.05) is 11.0 Å². The van der Waals surface area contributed by atoms with Gasteiger partial charge in [-0.05, 0) is 38.3 Å². The molecule has 49 heavy (non-hydrogen) atoms. The number of piperazine rings is 1. The number of piperidine rings is 1. The normalized spacial score (nSPS) is 18.7. The second-order valence-electron chi connectivity index (χ2n) is 12.9. The van der Waals surface area contributed by atoms with Gasteiger partial charge in [0.05, 0.1) is 58.6 Å². The van der Waals surface area contributed by atoms with E-state index >= 15 is 8.78 Å². The van der Waals surface area contributed by atoms with Crippen LogP contribution in [0, 0.1) is 23.0 Å². The van der Waals surface area contributed by atoms with Gasteiger partial charge in [-0.2, -0.15) is 5.26 Å². The number of hydrogen-bond donors (Lipinski definition) is 2. The van der Waals surface area contributed by atoms with Gasteiger partial charge in [-0.15, -0.1) is 11.3 Å². The molecule has 3 aromatic heterocycles. The number of sulfone groups is 1. The number of carbonyl (C=O) groups is 2. The Morgan fingerprint density at radius 2 is 1.88 bits per heavy atom. The lowest BCUT2D eigenvalue weighted by Gasteiger charge is -2.56. The fraction of sp³-hybridized carbons (Fsp3) is 0.419. The summed E-state index contributed by atoms with van der Waals surface area (Å²) in [6.45, 7) is 6.55. The molecular formula is C31H29F2N7O7S2. The Morgan fingerprint density at radius 1 is 1.18 bits per heavy atom. The maximum Gasteiger partial charge on any atom is 0.412 e. The number of ether oxygens (including phenoxy) is 2. The van der Waals surface area contributed by atoms with Gasteiger partial charge in [0.25, 0.3) is 0 Å². The number of benzene rings is 1. The molecule has 3 aliphatic heterocycles. The number of nitriles is 1. The third kappa shape index (κ3) is 5.27. The van der Waals surface area contributed by atoms with Crippen LogP contribution >= 0.6 is 11.3 Å². The van der Waals surface area contributed by atoms with Crippen LogP contribution in [0.1, 0.15) is 50.8 Å². The molecule has 2 atom stereocenters. The number of likely N-dealkylation sites (tertiary alicyclic amines) is 1. The summed E-state index contributed by atoms with van der Waals surface area (Å²) >= 11 is 0.758. The fourth-order valence-electron chi connectivity index (χ4n) is 6.66. The van der Waals surface area contributed by atoms with Crippen molar-refractivity contribution in [3.63, 3.8) is 0 Å². The van der Waals surface area contributed by atoms with Crippen LogP contribution in [0.2, 0.25) is 0 Å². The van der Waals surface area contributed by atoms with E-state index in [2.05, 4.69) is 20.3 Å². The molecule has 2 N–H and O–H groups in total. The Bertz CT molecular complexity index is 2250. The molecular weight excluding hydrogens is 685 g/mol. The van der Waals surface area contributed by atoms with Crippen molar-refractivity contribution in [2.75, 3.05) is 29.1 Å². The summed E-state index contributed by atoms with van der Waals surface area (Å²) in [5.41, 5.74) is -0.868. The number of anilines is 2. The minimum absolute atomic E-state index is 0.0235. The first-order valence-corrected chi connectivity index (χ1v) is 17.7. The number of nitrogens with zero attached hydrogens (tertiary/aromatic N) is 6. The first-order valence-electron chi connectivity index (χ1n) is 15.3. The van der Waals surface area contributed by atoms with Crippen molar-refractivity contribution in [2.45, 2.75) is 70.2 Å². The molecule has 7 rings (SSSR count).